The van der Waals surface area contributed by atoms with Gasteiger partial charge in [0.2, 0.25) is 11.8 Å². The van der Waals surface area contributed by atoms with E-state index in [1.54, 1.807) is 0 Å². The average Bonchev–Trinajstić information content (AvgIpc) is 4.24. The first-order chi connectivity index (χ1) is 34.8. The van der Waals surface area contributed by atoms with Crippen molar-refractivity contribution in [2.45, 2.75) is 147 Å². The zero-order chi connectivity index (χ0) is 54.1. The van der Waals surface area contributed by atoms with E-state index in [4.69, 9.17) is 10.5 Å². The third-order valence-electron chi connectivity index (χ3n) is 13.8. The lowest BCUT2D eigenvalue weighted by atomic mass is 9.87. The van der Waals surface area contributed by atoms with Crippen LogP contribution in [0.15, 0.2) is 36.9 Å². The van der Waals surface area contributed by atoms with Crippen molar-refractivity contribution in [1.82, 2.24) is 30.2 Å². The van der Waals surface area contributed by atoms with E-state index in [2.05, 4.69) is 61.7 Å². The van der Waals surface area contributed by atoms with Gasteiger partial charge in [-0.2, -0.15) is 0 Å². The number of fused-ring (bicyclic) bond motifs is 1. The highest BCUT2D eigenvalue weighted by Crippen LogP contribution is 2.57. The van der Waals surface area contributed by atoms with Gasteiger partial charge in [0, 0.05) is 36.8 Å². The predicted octanol–water partition coefficient (Wildman–Crippen LogP) is 1.39. The first kappa shape index (κ1) is 59.1. The minimum absolute atomic E-state index is 0.0247. The number of aliphatic carboxylic acids is 1. The van der Waals surface area contributed by atoms with Crippen LogP contribution in [-0.4, -0.2) is 109 Å². The average molecular weight is 1100 g/mol. The Morgan fingerprint density at radius 2 is 1.46 bits per heavy atom. The lowest BCUT2D eigenvalue weighted by molar-refractivity contribution is -0.347. The number of ether oxygens (including phenoxy) is 1. The van der Waals surface area contributed by atoms with E-state index in [1.165, 1.54) is 25.0 Å². The molecule has 26 nitrogen and oxygen atoms in total. The van der Waals surface area contributed by atoms with Gasteiger partial charge in [-0.1, -0.05) is 63.8 Å². The molecule has 1 aromatic carbocycles. The van der Waals surface area contributed by atoms with E-state index in [1.807, 2.05) is 6.07 Å². The molecule has 412 valence electrons. The first-order valence-electron chi connectivity index (χ1n) is 24.4. The Morgan fingerprint density at radius 1 is 0.865 bits per heavy atom. The van der Waals surface area contributed by atoms with Crippen LogP contribution in [0.1, 0.15) is 121 Å². The molecule has 3 fully saturated rings. The maximum absolute atomic E-state index is 13.1. The highest BCUT2D eigenvalue weighted by atomic mass is 31.3. The molecule has 0 spiro atoms. The lowest BCUT2D eigenvalue weighted by Gasteiger charge is -2.36. The van der Waals surface area contributed by atoms with Crippen molar-refractivity contribution in [3.05, 3.63) is 48.0 Å². The molecule has 7 unspecified atom stereocenters. The standard InChI is InChI=1S/C45H68N7O19P3/c1-43(2,26-68-74(65,66)71-73(63,64)67-25-31-36(70-72(60,61)62)35(55)41(69-31)52-28-51-34-38(46)49-27-50-39(34)52)37(56)40(57)48-24-16-33(54)47-23-15-32(53)44(19-20-44)17-9-3-5-11-29-13-7-8-14-30(29)12-6-4-10-18-45(21-22-45)42(58)59/h7-8,13-14,27-28,31,35-37,41,55-56H,3-6,9-12,15-26H2,1-2H3,(H,47,54)(H,48,57)(H,58,59)(H,63,64)(H,65,66)(H2,46,49,50)(H2,60,61,62)/p-4. The number of nitrogens with zero attached hydrogens (tertiary/aromatic N) is 4. The summed E-state index contributed by atoms with van der Waals surface area (Å²) in [5.74, 6) is -2.15. The minimum Gasteiger partial charge on any atom is -0.790 e. The van der Waals surface area contributed by atoms with Crippen molar-refractivity contribution in [2.75, 3.05) is 32.0 Å². The summed E-state index contributed by atoms with van der Waals surface area (Å²) >= 11 is 0. The smallest absolute Gasteiger partial charge is 0.309 e. The fourth-order valence-corrected chi connectivity index (χ4v) is 11.7. The summed E-state index contributed by atoms with van der Waals surface area (Å²) in [6.07, 6.45) is 4.99. The van der Waals surface area contributed by atoms with Crippen LogP contribution in [0.3, 0.4) is 0 Å². The molecule has 0 bridgehead atoms. The minimum atomic E-state index is -5.94. The summed E-state index contributed by atoms with van der Waals surface area (Å²) in [4.78, 5) is 110. The van der Waals surface area contributed by atoms with Crippen molar-refractivity contribution < 1.29 is 90.4 Å². The number of aryl methyl sites for hydroxylation is 2. The Balaban J connectivity index is 0.844. The predicted molar refractivity (Wildman–Crippen MR) is 252 cm³/mol. The van der Waals surface area contributed by atoms with Gasteiger partial charge < -0.3 is 74.1 Å². The molecule has 6 rings (SSSR count). The van der Waals surface area contributed by atoms with Gasteiger partial charge in [0.1, 0.15) is 42.0 Å². The van der Waals surface area contributed by atoms with E-state index in [0.717, 1.165) is 107 Å². The van der Waals surface area contributed by atoms with Crippen molar-refractivity contribution in [3.8, 4) is 0 Å². The first-order valence-corrected chi connectivity index (χ1v) is 28.8. The number of aliphatic hydroxyl groups is 2. The molecule has 7 N–H and O–H groups in total. The second-order valence-corrected chi connectivity index (χ2v) is 24.0. The number of aliphatic hydroxyl groups excluding tert-OH is 2. The SMILES string of the molecule is CC(C)(COP(=O)([O-])OP(=O)([O-])OCC1OC(n2cnc3c(N)ncnc32)C(O)C1OP(=O)([O-])[O-])C(O)C(=O)NCCC(=O)NCCC(=O)C1(CCCCCc2ccccc2CCCCCC2(C(=O)O)CC2)CC1. The number of rotatable bonds is 33. The van der Waals surface area contributed by atoms with Crippen LogP contribution >= 0.6 is 23.5 Å². The molecule has 1 aliphatic heterocycles. The number of hydrogen-bond donors (Lipinski definition) is 6. The molecule has 74 heavy (non-hydrogen) atoms. The number of phosphoric ester groups is 3. The number of carboxylic acids is 1. The number of hydrogen-bond acceptors (Lipinski definition) is 22. The lowest BCUT2D eigenvalue weighted by Crippen LogP contribution is -2.46. The van der Waals surface area contributed by atoms with Gasteiger partial charge in [0.05, 0.1) is 32.8 Å². The number of carbonyl (C=O) groups excluding carboxylic acids is 3. The number of anilines is 1. The molecule has 3 heterocycles. The Morgan fingerprint density at radius 3 is 2.05 bits per heavy atom. The number of benzene rings is 1. The van der Waals surface area contributed by atoms with E-state index in [-0.39, 0.29) is 54.1 Å². The molecule has 3 aromatic rings. The maximum atomic E-state index is 13.1. The van der Waals surface area contributed by atoms with E-state index in [9.17, 15) is 67.8 Å². The van der Waals surface area contributed by atoms with Gasteiger partial charge >= 0.3 is 5.97 Å². The monoisotopic (exact) mass is 1100 g/mol. The van der Waals surface area contributed by atoms with Crippen LogP contribution < -0.4 is 35.9 Å². The summed E-state index contributed by atoms with van der Waals surface area (Å²) in [6.45, 7) is -0.0168. The quantitative estimate of drug-likeness (QED) is 0.0371. The zero-order valence-electron chi connectivity index (χ0n) is 41.1. The zero-order valence-corrected chi connectivity index (χ0v) is 43.8. The number of carbonyl (C=O) groups is 4. The number of phosphoric acid groups is 3. The second-order valence-electron chi connectivity index (χ2n) is 19.9. The number of imidazole rings is 1. The molecule has 2 aromatic heterocycles. The number of Topliss-reactive ketones (excluding diaryl/α,β-unsaturated/α-hetero) is 1. The van der Waals surface area contributed by atoms with Gasteiger partial charge in [-0.3, -0.25) is 32.9 Å². The number of unbranched alkanes of at least 4 members (excludes halogenated alkanes) is 4. The van der Waals surface area contributed by atoms with Gasteiger partial charge in [-0.05, 0) is 75.3 Å². The fraction of sp³-hybridized carbons (Fsp3) is 0.667. The molecule has 29 heteroatoms. The van der Waals surface area contributed by atoms with Crippen molar-refractivity contribution in [1.29, 1.82) is 0 Å². The highest BCUT2D eigenvalue weighted by Gasteiger charge is 2.50. The van der Waals surface area contributed by atoms with Gasteiger partial charge in [0.25, 0.3) is 15.6 Å². The molecule has 7 atom stereocenters. The van der Waals surface area contributed by atoms with E-state index in [0.29, 0.717) is 0 Å². The summed E-state index contributed by atoms with van der Waals surface area (Å²) < 4.78 is 61.1. The Bertz CT molecular complexity index is 2610. The topological polar surface area (TPSA) is 412 Å². The molecule has 0 radical (unpaired) electrons. The second kappa shape index (κ2) is 24.9. The Hall–Kier alpha value is -4.10. The number of aromatic nitrogens is 4. The van der Waals surface area contributed by atoms with Crippen molar-refractivity contribution in [2.24, 2.45) is 16.2 Å². The van der Waals surface area contributed by atoms with Crippen LogP contribution in [0.25, 0.3) is 11.2 Å². The van der Waals surface area contributed by atoms with E-state index < -0.39 is 95.9 Å². The highest BCUT2D eigenvalue weighted by molar-refractivity contribution is 7.59. The summed E-state index contributed by atoms with van der Waals surface area (Å²) in [7, 11) is -17.7. The van der Waals surface area contributed by atoms with Crippen LogP contribution in [-0.2, 0) is 68.3 Å². The third-order valence-corrected chi connectivity index (χ3v) is 16.8. The van der Waals surface area contributed by atoms with Crippen molar-refractivity contribution >= 4 is 64.0 Å². The summed E-state index contributed by atoms with van der Waals surface area (Å²) in [5.41, 5.74) is 5.90. The van der Waals surface area contributed by atoms with Gasteiger partial charge in [0.15, 0.2) is 17.7 Å². The molecule has 2 amide bonds. The van der Waals surface area contributed by atoms with Gasteiger partial charge in [-0.25, -0.2) is 19.3 Å². The largest absolute Gasteiger partial charge is 0.790 e. The maximum Gasteiger partial charge on any atom is 0.309 e. The third kappa shape index (κ3) is 16.5. The number of nitrogens with two attached hydrogens (primary N) is 1. The fourth-order valence-electron chi connectivity index (χ4n) is 8.99. The molecular formula is C45H64N7O19P3-4. The molecule has 2 saturated carbocycles. The Kier molecular flexibility index (Phi) is 19.9. The Labute approximate surface area is 427 Å². The van der Waals surface area contributed by atoms with Crippen LogP contribution in [0.2, 0.25) is 0 Å². The molecule has 3 aliphatic rings. The summed E-state index contributed by atoms with van der Waals surface area (Å²) in [6, 6.07) is 8.43. The molecule has 1 saturated heterocycles. The van der Waals surface area contributed by atoms with Crippen LogP contribution in [0.5, 0.6) is 0 Å². The summed E-state index contributed by atoms with van der Waals surface area (Å²) in [5, 5.41) is 36.0. The van der Waals surface area contributed by atoms with Crippen LogP contribution in [0, 0.1) is 16.2 Å². The number of nitrogen functional groups attached to an aromatic ring is 1. The number of nitrogens with one attached hydrogen (secondary N) is 2. The molecule has 2 aliphatic carbocycles. The van der Waals surface area contributed by atoms with Crippen LogP contribution in [0.4, 0.5) is 5.82 Å². The van der Waals surface area contributed by atoms with Crippen molar-refractivity contribution in [3.63, 3.8) is 0 Å². The normalized spacial score (nSPS) is 22.1. The number of carboxylic acid groups (broad SMARTS) is 1. The number of amides is 2. The number of ketones is 1. The van der Waals surface area contributed by atoms with E-state index >= 15 is 0 Å². The molecular weight excluding hydrogens is 1040 g/mol. The van der Waals surface area contributed by atoms with Gasteiger partial charge in [-0.15, -0.1) is 0 Å².